The van der Waals surface area contributed by atoms with E-state index in [1.807, 2.05) is 12.1 Å². The summed E-state index contributed by atoms with van der Waals surface area (Å²) >= 11 is 5.55. The Kier molecular flexibility index (Phi) is 5.61. The highest BCUT2D eigenvalue weighted by atomic mass is 32.1. The number of hydrogen-bond donors (Lipinski definition) is 2. The van der Waals surface area contributed by atoms with E-state index in [-0.39, 0.29) is 6.04 Å². The van der Waals surface area contributed by atoms with Gasteiger partial charge in [0.2, 0.25) is 0 Å². The second-order valence-corrected chi connectivity index (χ2v) is 7.77. The summed E-state index contributed by atoms with van der Waals surface area (Å²) in [6.45, 7) is 0.764. The lowest BCUT2D eigenvalue weighted by molar-refractivity contribution is 0.287. The van der Waals surface area contributed by atoms with Gasteiger partial charge in [-0.2, -0.15) is 0 Å². The van der Waals surface area contributed by atoms with Gasteiger partial charge in [-0.05, 0) is 63.5 Å². The fraction of sp³-hybridized carbons (Fsp3) is 0.632. The molecule has 5 heteroatoms. The quantitative estimate of drug-likeness (QED) is 0.774. The zero-order valence-electron chi connectivity index (χ0n) is 14.9. The Morgan fingerprint density at radius 3 is 2.71 bits per heavy atom. The molecule has 2 N–H and O–H groups in total. The lowest BCUT2D eigenvalue weighted by Gasteiger charge is -2.29. The molecule has 0 unspecified atom stereocenters. The van der Waals surface area contributed by atoms with Crippen LogP contribution in [0.2, 0.25) is 0 Å². The predicted octanol–water partition coefficient (Wildman–Crippen LogP) is 2.95. The molecule has 4 nitrogen and oxygen atoms in total. The third kappa shape index (κ3) is 3.83. The van der Waals surface area contributed by atoms with Gasteiger partial charge in [-0.3, -0.25) is 0 Å². The first-order chi connectivity index (χ1) is 11.6. The minimum absolute atomic E-state index is 0.209. The summed E-state index contributed by atoms with van der Waals surface area (Å²) in [6, 6.07) is 8.98. The van der Waals surface area contributed by atoms with Crippen LogP contribution >= 0.6 is 12.2 Å². The fourth-order valence-electron chi connectivity index (χ4n) is 4.34. The number of ether oxygens (including phenoxy) is 1. The predicted molar refractivity (Wildman–Crippen MR) is 102 cm³/mol. The van der Waals surface area contributed by atoms with Crippen LogP contribution in [0.3, 0.4) is 0 Å². The molecular weight excluding hydrogens is 318 g/mol. The van der Waals surface area contributed by atoms with E-state index in [0.29, 0.717) is 6.04 Å². The minimum atomic E-state index is 0.209. The summed E-state index contributed by atoms with van der Waals surface area (Å²) in [6.07, 6.45) is 5.46. The summed E-state index contributed by atoms with van der Waals surface area (Å²) in [7, 11) is 5.90. The Morgan fingerprint density at radius 1 is 1.29 bits per heavy atom. The summed E-state index contributed by atoms with van der Waals surface area (Å²) < 4.78 is 5.52. The van der Waals surface area contributed by atoms with Crippen molar-refractivity contribution in [2.24, 2.45) is 11.8 Å². The summed E-state index contributed by atoms with van der Waals surface area (Å²) in [5.74, 6) is 2.68. The SMILES string of the molecule is COc1ccccc1[C@H](CNC(=S)N[C@@H]1C[C@H]2CC[C@H]1C2)N(C)C. The summed E-state index contributed by atoms with van der Waals surface area (Å²) in [5.41, 5.74) is 1.18. The van der Waals surface area contributed by atoms with E-state index in [1.54, 1.807) is 7.11 Å². The first-order valence-corrected chi connectivity index (χ1v) is 9.33. The van der Waals surface area contributed by atoms with Gasteiger partial charge in [0.15, 0.2) is 5.11 Å². The maximum absolute atomic E-state index is 5.55. The topological polar surface area (TPSA) is 36.5 Å². The van der Waals surface area contributed by atoms with E-state index in [4.69, 9.17) is 17.0 Å². The number of para-hydroxylation sites is 1. The lowest BCUT2D eigenvalue weighted by atomic mass is 9.95. The number of thiocarbonyl (C=S) groups is 1. The number of methoxy groups -OCH3 is 1. The number of fused-ring (bicyclic) bond motifs is 2. The molecule has 2 aliphatic carbocycles. The molecule has 0 radical (unpaired) electrons. The van der Waals surface area contributed by atoms with Gasteiger partial charge in [-0.1, -0.05) is 24.6 Å². The number of benzene rings is 1. The van der Waals surface area contributed by atoms with Crippen molar-refractivity contribution < 1.29 is 4.74 Å². The first kappa shape index (κ1) is 17.5. The van der Waals surface area contributed by atoms with Crippen molar-refractivity contribution in [3.8, 4) is 5.75 Å². The number of nitrogens with one attached hydrogen (secondary N) is 2. The zero-order valence-corrected chi connectivity index (χ0v) is 15.7. The lowest BCUT2D eigenvalue weighted by Crippen LogP contribution is -2.46. The molecule has 0 heterocycles. The Morgan fingerprint density at radius 2 is 2.08 bits per heavy atom. The third-order valence-corrected chi connectivity index (χ3v) is 5.89. The normalized spacial score (nSPS) is 26.4. The third-order valence-electron chi connectivity index (χ3n) is 5.63. The average Bonchev–Trinajstić information content (AvgIpc) is 3.18. The Labute approximate surface area is 150 Å². The maximum Gasteiger partial charge on any atom is 0.166 e. The number of hydrogen-bond acceptors (Lipinski definition) is 3. The van der Waals surface area contributed by atoms with Gasteiger partial charge in [0.25, 0.3) is 0 Å². The van der Waals surface area contributed by atoms with E-state index >= 15 is 0 Å². The molecule has 2 aliphatic rings. The molecule has 1 aromatic rings. The molecular formula is C19H29N3OS. The highest BCUT2D eigenvalue weighted by molar-refractivity contribution is 7.80. The van der Waals surface area contributed by atoms with Gasteiger partial charge < -0.3 is 20.3 Å². The van der Waals surface area contributed by atoms with Crippen molar-refractivity contribution in [2.45, 2.75) is 37.8 Å². The van der Waals surface area contributed by atoms with Crippen molar-refractivity contribution in [3.05, 3.63) is 29.8 Å². The van der Waals surface area contributed by atoms with Crippen molar-refractivity contribution >= 4 is 17.3 Å². The number of likely N-dealkylation sites (N-methyl/N-ethyl adjacent to an activating group) is 1. The Balaban J connectivity index is 1.57. The molecule has 1 aromatic carbocycles. The minimum Gasteiger partial charge on any atom is -0.496 e. The number of rotatable bonds is 6. The van der Waals surface area contributed by atoms with Crippen LogP contribution in [0.1, 0.15) is 37.3 Å². The molecule has 0 aromatic heterocycles. The van der Waals surface area contributed by atoms with E-state index in [9.17, 15) is 0 Å². The van der Waals surface area contributed by atoms with Crippen LogP contribution in [0, 0.1) is 11.8 Å². The molecule has 3 rings (SSSR count). The molecule has 0 spiro atoms. The monoisotopic (exact) mass is 347 g/mol. The van der Waals surface area contributed by atoms with Crippen LogP contribution in [0.5, 0.6) is 5.75 Å². The number of nitrogens with zero attached hydrogens (tertiary/aromatic N) is 1. The smallest absolute Gasteiger partial charge is 0.166 e. The second kappa shape index (κ2) is 7.70. The van der Waals surface area contributed by atoms with Crippen LogP contribution in [0.4, 0.5) is 0 Å². The maximum atomic E-state index is 5.55. The van der Waals surface area contributed by atoms with Crippen molar-refractivity contribution in [1.82, 2.24) is 15.5 Å². The van der Waals surface area contributed by atoms with Crippen molar-refractivity contribution in [3.63, 3.8) is 0 Å². The van der Waals surface area contributed by atoms with Gasteiger partial charge in [-0.15, -0.1) is 0 Å². The van der Waals surface area contributed by atoms with Crippen LogP contribution in [0.25, 0.3) is 0 Å². The molecule has 2 bridgehead atoms. The first-order valence-electron chi connectivity index (χ1n) is 8.92. The van der Waals surface area contributed by atoms with Crippen LogP contribution in [-0.4, -0.2) is 43.8 Å². The zero-order chi connectivity index (χ0) is 17.1. The molecule has 0 aliphatic heterocycles. The van der Waals surface area contributed by atoms with Crippen LogP contribution in [0.15, 0.2) is 24.3 Å². The molecule has 2 saturated carbocycles. The van der Waals surface area contributed by atoms with Crippen molar-refractivity contribution in [1.29, 1.82) is 0 Å². The average molecular weight is 348 g/mol. The Hall–Kier alpha value is -1.33. The largest absolute Gasteiger partial charge is 0.496 e. The van der Waals surface area contributed by atoms with Crippen LogP contribution < -0.4 is 15.4 Å². The van der Waals surface area contributed by atoms with E-state index in [2.05, 4.69) is 41.8 Å². The van der Waals surface area contributed by atoms with Gasteiger partial charge in [0.05, 0.1) is 13.2 Å². The molecule has 24 heavy (non-hydrogen) atoms. The molecule has 2 fully saturated rings. The standard InChI is InChI=1S/C19H29N3OS/c1-22(2)17(15-6-4-5-7-18(15)23-3)12-20-19(24)21-16-11-13-8-9-14(16)10-13/h4-7,13-14,16-17H,8-12H2,1-3H3,(H2,20,21,24)/t13-,14-,16+,17-/m0/s1. The molecule has 0 saturated heterocycles. The highest BCUT2D eigenvalue weighted by Gasteiger charge is 2.39. The van der Waals surface area contributed by atoms with E-state index in [1.165, 1.54) is 31.2 Å². The van der Waals surface area contributed by atoms with E-state index in [0.717, 1.165) is 29.2 Å². The molecule has 132 valence electrons. The molecule has 0 amide bonds. The fourth-order valence-corrected chi connectivity index (χ4v) is 4.58. The van der Waals surface area contributed by atoms with E-state index < -0.39 is 0 Å². The highest BCUT2D eigenvalue weighted by Crippen LogP contribution is 2.44. The van der Waals surface area contributed by atoms with Gasteiger partial charge in [-0.25, -0.2) is 0 Å². The Bertz CT molecular complexity index is 577. The second-order valence-electron chi connectivity index (χ2n) is 7.36. The summed E-state index contributed by atoms with van der Waals surface area (Å²) in [4.78, 5) is 2.20. The molecule has 4 atom stereocenters. The van der Waals surface area contributed by atoms with Gasteiger partial charge >= 0.3 is 0 Å². The van der Waals surface area contributed by atoms with Crippen molar-refractivity contribution in [2.75, 3.05) is 27.7 Å². The summed E-state index contributed by atoms with van der Waals surface area (Å²) in [5, 5.41) is 7.76. The van der Waals surface area contributed by atoms with Crippen LogP contribution in [-0.2, 0) is 0 Å². The van der Waals surface area contributed by atoms with Gasteiger partial charge in [0.1, 0.15) is 5.75 Å². The van der Waals surface area contributed by atoms with Gasteiger partial charge in [0, 0.05) is 18.2 Å².